The highest BCUT2D eigenvalue weighted by Crippen LogP contribution is 2.34. The van der Waals surface area contributed by atoms with Crippen LogP contribution >= 0.6 is 15.9 Å². The molecule has 1 unspecified atom stereocenters. The normalized spacial score (nSPS) is 17.3. The predicted octanol–water partition coefficient (Wildman–Crippen LogP) is 5.05. The van der Waals surface area contributed by atoms with Crippen molar-refractivity contribution in [1.82, 2.24) is 0 Å². The molecule has 0 N–H and O–H groups in total. The summed E-state index contributed by atoms with van der Waals surface area (Å²) in [7, 11) is 1.69. The molecule has 0 fully saturated rings. The van der Waals surface area contributed by atoms with Crippen molar-refractivity contribution in [2.45, 2.75) is 32.0 Å². The van der Waals surface area contributed by atoms with Gasteiger partial charge in [0.25, 0.3) is 0 Å². The number of benzene rings is 2. The maximum absolute atomic E-state index is 6.19. The van der Waals surface area contributed by atoms with Crippen molar-refractivity contribution in [3.63, 3.8) is 0 Å². The van der Waals surface area contributed by atoms with Crippen LogP contribution in [0, 0.1) is 0 Å². The molecule has 0 spiro atoms. The van der Waals surface area contributed by atoms with Crippen LogP contribution in [0.25, 0.3) is 0 Å². The van der Waals surface area contributed by atoms with Crippen molar-refractivity contribution in [3.8, 4) is 5.75 Å². The molecule has 110 valence electrons. The average molecular weight is 347 g/mol. The summed E-state index contributed by atoms with van der Waals surface area (Å²) in [6, 6.07) is 14.6. The summed E-state index contributed by atoms with van der Waals surface area (Å²) in [6.45, 7) is 0.594. The van der Waals surface area contributed by atoms with Crippen LogP contribution in [0.2, 0.25) is 0 Å². The first-order valence-electron chi connectivity index (χ1n) is 7.30. The molecule has 0 aromatic heterocycles. The van der Waals surface area contributed by atoms with Crippen LogP contribution in [0.5, 0.6) is 5.75 Å². The number of rotatable bonds is 4. The van der Waals surface area contributed by atoms with Crippen molar-refractivity contribution in [2.75, 3.05) is 7.11 Å². The molecule has 2 aromatic rings. The lowest BCUT2D eigenvalue weighted by molar-refractivity contribution is 0.0279. The summed E-state index contributed by atoms with van der Waals surface area (Å²) in [4.78, 5) is 0. The van der Waals surface area contributed by atoms with E-state index < -0.39 is 0 Å². The molecule has 2 aromatic carbocycles. The number of hydrogen-bond donors (Lipinski definition) is 0. The molecule has 3 heteroatoms. The molecule has 0 amide bonds. The minimum atomic E-state index is 0.202. The molecule has 3 rings (SSSR count). The van der Waals surface area contributed by atoms with Gasteiger partial charge in [-0.2, -0.15) is 0 Å². The van der Waals surface area contributed by atoms with Crippen LogP contribution in [0.4, 0.5) is 0 Å². The van der Waals surface area contributed by atoms with Gasteiger partial charge in [-0.3, -0.25) is 0 Å². The first-order chi connectivity index (χ1) is 10.3. The third-order valence-electron chi connectivity index (χ3n) is 4.01. The largest absolute Gasteiger partial charge is 0.497 e. The van der Waals surface area contributed by atoms with Gasteiger partial charge in [0.05, 0.1) is 19.8 Å². The van der Waals surface area contributed by atoms with Gasteiger partial charge >= 0.3 is 0 Å². The summed E-state index contributed by atoms with van der Waals surface area (Å²) >= 11 is 3.58. The van der Waals surface area contributed by atoms with Gasteiger partial charge < -0.3 is 9.47 Å². The second kappa shape index (κ2) is 6.63. The summed E-state index contributed by atoms with van der Waals surface area (Å²) < 4.78 is 12.5. The quantitative estimate of drug-likeness (QED) is 0.770. The van der Waals surface area contributed by atoms with Crippen LogP contribution in [0.3, 0.4) is 0 Å². The van der Waals surface area contributed by atoms with Gasteiger partial charge in [-0.05, 0) is 54.2 Å². The molecule has 21 heavy (non-hydrogen) atoms. The highest BCUT2D eigenvalue weighted by Gasteiger charge is 2.20. The van der Waals surface area contributed by atoms with E-state index in [1.54, 1.807) is 7.11 Å². The Labute approximate surface area is 134 Å². The van der Waals surface area contributed by atoms with Crippen LogP contribution in [0.15, 0.2) is 46.9 Å². The van der Waals surface area contributed by atoms with Crippen molar-refractivity contribution < 1.29 is 9.47 Å². The Morgan fingerprint density at radius 1 is 1.19 bits per heavy atom. The molecule has 1 aliphatic rings. The fourth-order valence-corrected chi connectivity index (χ4v) is 3.22. The molecule has 1 aliphatic carbocycles. The molecule has 0 saturated heterocycles. The van der Waals surface area contributed by atoms with Crippen molar-refractivity contribution in [2.24, 2.45) is 0 Å². The second-order valence-electron chi connectivity index (χ2n) is 5.35. The zero-order valence-electron chi connectivity index (χ0n) is 12.1. The van der Waals surface area contributed by atoms with E-state index in [0.717, 1.165) is 22.2 Å². The molecule has 0 heterocycles. The fraction of sp³-hybridized carbons (Fsp3) is 0.333. The number of aryl methyl sites for hydroxylation is 1. The SMILES string of the molecule is COc1ccc(Br)c(COC2CCCc3ccccc32)c1. The minimum Gasteiger partial charge on any atom is -0.497 e. The van der Waals surface area contributed by atoms with Gasteiger partial charge in [0.15, 0.2) is 0 Å². The van der Waals surface area contributed by atoms with E-state index in [9.17, 15) is 0 Å². The lowest BCUT2D eigenvalue weighted by Crippen LogP contribution is -2.12. The van der Waals surface area contributed by atoms with Crippen LogP contribution < -0.4 is 4.74 Å². The molecule has 0 bridgehead atoms. The van der Waals surface area contributed by atoms with Crippen LogP contribution in [0.1, 0.15) is 35.6 Å². The van der Waals surface area contributed by atoms with Crippen molar-refractivity contribution >= 4 is 15.9 Å². The highest BCUT2D eigenvalue weighted by atomic mass is 79.9. The summed E-state index contributed by atoms with van der Waals surface area (Å²) in [6.07, 6.45) is 3.66. The molecule has 2 nitrogen and oxygen atoms in total. The first-order valence-corrected chi connectivity index (χ1v) is 8.09. The molecule has 1 atom stereocenters. The predicted molar refractivity (Wildman–Crippen MR) is 87.6 cm³/mol. The molecular formula is C18H19BrO2. The summed E-state index contributed by atoms with van der Waals surface area (Å²) in [5.41, 5.74) is 3.90. The first kappa shape index (κ1) is 14.6. The Balaban J connectivity index is 1.74. The smallest absolute Gasteiger partial charge is 0.119 e. The van der Waals surface area contributed by atoms with E-state index in [4.69, 9.17) is 9.47 Å². The summed E-state index contributed by atoms with van der Waals surface area (Å²) in [5, 5.41) is 0. The third kappa shape index (κ3) is 3.30. The third-order valence-corrected chi connectivity index (χ3v) is 4.78. The van der Waals surface area contributed by atoms with Crippen molar-refractivity contribution in [3.05, 3.63) is 63.6 Å². The lowest BCUT2D eigenvalue weighted by atomic mass is 9.89. The zero-order valence-corrected chi connectivity index (χ0v) is 13.7. The molecule has 0 aliphatic heterocycles. The average Bonchev–Trinajstić information content (AvgIpc) is 2.54. The van der Waals surface area contributed by atoms with E-state index in [-0.39, 0.29) is 6.10 Å². The molecule has 0 saturated carbocycles. The molecule has 0 radical (unpaired) electrons. The standard InChI is InChI=1S/C18H19BrO2/c1-20-15-9-10-17(19)14(11-15)12-21-18-8-4-6-13-5-2-3-7-16(13)18/h2-3,5,7,9-11,18H,4,6,8,12H2,1H3. The monoisotopic (exact) mass is 346 g/mol. The number of hydrogen-bond acceptors (Lipinski definition) is 2. The Kier molecular flexibility index (Phi) is 4.61. The molecular weight excluding hydrogens is 328 g/mol. The fourth-order valence-electron chi connectivity index (χ4n) is 2.86. The van der Waals surface area contributed by atoms with E-state index in [2.05, 4.69) is 40.2 Å². The van der Waals surface area contributed by atoms with Crippen molar-refractivity contribution in [1.29, 1.82) is 0 Å². The Morgan fingerprint density at radius 3 is 2.90 bits per heavy atom. The van der Waals surface area contributed by atoms with Crippen LogP contribution in [-0.2, 0) is 17.8 Å². The van der Waals surface area contributed by atoms with Gasteiger partial charge in [-0.15, -0.1) is 0 Å². The number of methoxy groups -OCH3 is 1. The highest BCUT2D eigenvalue weighted by molar-refractivity contribution is 9.10. The Morgan fingerprint density at radius 2 is 2.05 bits per heavy atom. The van der Waals surface area contributed by atoms with Gasteiger partial charge in [0, 0.05) is 4.47 Å². The Hall–Kier alpha value is -1.32. The minimum absolute atomic E-state index is 0.202. The topological polar surface area (TPSA) is 18.5 Å². The summed E-state index contributed by atoms with van der Waals surface area (Å²) in [5.74, 6) is 0.862. The lowest BCUT2D eigenvalue weighted by Gasteiger charge is -2.26. The van der Waals surface area contributed by atoms with E-state index in [1.165, 1.54) is 24.0 Å². The second-order valence-corrected chi connectivity index (χ2v) is 6.20. The maximum Gasteiger partial charge on any atom is 0.119 e. The Bertz CT molecular complexity index is 624. The van der Waals surface area contributed by atoms with E-state index in [1.807, 2.05) is 18.2 Å². The maximum atomic E-state index is 6.19. The van der Waals surface area contributed by atoms with E-state index in [0.29, 0.717) is 6.61 Å². The number of fused-ring (bicyclic) bond motifs is 1. The van der Waals surface area contributed by atoms with Gasteiger partial charge in [0.2, 0.25) is 0 Å². The number of ether oxygens (including phenoxy) is 2. The van der Waals surface area contributed by atoms with E-state index >= 15 is 0 Å². The number of halogens is 1. The van der Waals surface area contributed by atoms with Crippen LogP contribution in [-0.4, -0.2) is 7.11 Å². The van der Waals surface area contributed by atoms with Gasteiger partial charge in [0.1, 0.15) is 5.75 Å². The van der Waals surface area contributed by atoms with Gasteiger partial charge in [-0.1, -0.05) is 40.2 Å². The zero-order chi connectivity index (χ0) is 14.7. The van der Waals surface area contributed by atoms with Gasteiger partial charge in [-0.25, -0.2) is 0 Å².